The van der Waals surface area contributed by atoms with E-state index in [0.29, 0.717) is 0 Å². The molecule has 0 aromatic carbocycles. The fourth-order valence-electron chi connectivity index (χ4n) is 1.05. The van der Waals surface area contributed by atoms with Crippen molar-refractivity contribution < 1.29 is 30.6 Å². The van der Waals surface area contributed by atoms with Gasteiger partial charge in [-0.25, -0.2) is 0 Å². The summed E-state index contributed by atoms with van der Waals surface area (Å²) in [5.74, 6) is 0. The van der Waals surface area contributed by atoms with E-state index in [0.717, 1.165) is 0 Å². The van der Waals surface area contributed by atoms with Crippen molar-refractivity contribution in [1.82, 2.24) is 0 Å². The second-order valence-electron chi connectivity index (χ2n) is 2.88. The van der Waals surface area contributed by atoms with Crippen LogP contribution in [0.25, 0.3) is 0 Å². The summed E-state index contributed by atoms with van der Waals surface area (Å²) in [6.07, 6.45) is -6.32. The molecule has 0 aromatic heterocycles. The molecule has 0 radical (unpaired) electrons. The first-order valence-corrected chi connectivity index (χ1v) is 5.67. The van der Waals surface area contributed by atoms with E-state index in [-0.39, 0.29) is 0 Å². The Labute approximate surface area is 80.6 Å². The number of aliphatic hydroxyl groups is 6. The fraction of sp³-hybridized carbons (Fsp3) is 1.00. The molecule has 1 aliphatic rings. The second-order valence-corrected chi connectivity index (χ2v) is 5.48. The molecule has 0 spiro atoms. The van der Waals surface area contributed by atoms with Crippen molar-refractivity contribution in [2.45, 2.75) is 34.4 Å². The van der Waals surface area contributed by atoms with Crippen LogP contribution in [0.4, 0.5) is 0 Å². The first-order valence-electron chi connectivity index (χ1n) is 3.69. The fourth-order valence-corrected chi connectivity index (χ4v) is 3.00. The summed E-state index contributed by atoms with van der Waals surface area (Å²) in [7, 11) is 0. The molecule has 1 heterocycles. The van der Waals surface area contributed by atoms with Crippen molar-refractivity contribution in [2.75, 3.05) is 0 Å². The minimum absolute atomic E-state index is 0.850. The molecule has 0 saturated carbocycles. The average Bonchev–Trinajstić information content (AvgIpc) is 2.15. The van der Waals surface area contributed by atoms with Gasteiger partial charge in [0.05, 0.1) is 0 Å². The van der Waals surface area contributed by atoms with E-state index in [9.17, 15) is 0 Å². The van der Waals surface area contributed by atoms with Crippen LogP contribution in [-0.4, -0.2) is 80.0 Å². The van der Waals surface area contributed by atoms with Gasteiger partial charge in [-0.2, -0.15) is 0 Å². The van der Waals surface area contributed by atoms with Crippen LogP contribution in [0.2, 0.25) is 0 Å². The summed E-state index contributed by atoms with van der Waals surface area (Å²) >= 11 is -0.850. The van der Waals surface area contributed by atoms with Gasteiger partial charge >= 0.3 is 80.0 Å². The Kier molecular flexibility index (Phi) is 3.67. The van der Waals surface area contributed by atoms with Crippen LogP contribution < -0.4 is 0 Å². The topological polar surface area (TPSA) is 121 Å². The van der Waals surface area contributed by atoms with Gasteiger partial charge in [0, 0.05) is 0 Å². The Bertz CT molecular complexity index is 161. The minimum atomic E-state index is -1.64. The molecular formula is C6H12O6Se. The number of hydrogen-bond donors (Lipinski definition) is 6. The van der Waals surface area contributed by atoms with E-state index in [1.165, 1.54) is 0 Å². The molecule has 1 rings (SSSR count). The van der Waals surface area contributed by atoms with E-state index in [1.54, 1.807) is 0 Å². The molecule has 6 N–H and O–H groups in total. The number of rotatable bonds is 0. The zero-order chi connectivity index (χ0) is 10.2. The molecule has 0 bridgehead atoms. The molecule has 6 atom stereocenters. The monoisotopic (exact) mass is 260 g/mol. The third-order valence-corrected chi connectivity index (χ3v) is 4.25. The second kappa shape index (κ2) is 4.20. The summed E-state index contributed by atoms with van der Waals surface area (Å²) in [6, 6.07) is 0. The predicted molar refractivity (Wildman–Crippen MR) is 41.8 cm³/mol. The first kappa shape index (κ1) is 11.4. The SMILES string of the molecule is OC1[Se]C(O)C(O)C(O)C(O)C1O. The molecule has 0 aromatic rings. The quantitative estimate of drug-likeness (QED) is 0.245. The van der Waals surface area contributed by atoms with Gasteiger partial charge in [-0.1, -0.05) is 0 Å². The van der Waals surface area contributed by atoms with Gasteiger partial charge in [0.2, 0.25) is 0 Å². The van der Waals surface area contributed by atoms with Crippen molar-refractivity contribution in [3.8, 4) is 0 Å². The number of hydrogen-bond acceptors (Lipinski definition) is 6. The van der Waals surface area contributed by atoms with E-state index in [1.807, 2.05) is 0 Å². The molecule has 78 valence electrons. The third kappa shape index (κ3) is 2.20. The zero-order valence-corrected chi connectivity index (χ0v) is 8.27. The average molecular weight is 259 g/mol. The molecule has 0 amide bonds. The van der Waals surface area contributed by atoms with Crippen molar-refractivity contribution in [1.29, 1.82) is 0 Å². The van der Waals surface area contributed by atoms with Crippen LogP contribution in [-0.2, 0) is 0 Å². The first-order chi connectivity index (χ1) is 5.95. The maximum atomic E-state index is 9.17. The van der Waals surface area contributed by atoms with Gasteiger partial charge in [-0.15, -0.1) is 0 Å². The molecule has 1 aliphatic heterocycles. The van der Waals surface area contributed by atoms with Crippen molar-refractivity contribution >= 4 is 15.0 Å². The molecule has 6 nitrogen and oxygen atoms in total. The molecular weight excluding hydrogens is 247 g/mol. The normalized spacial score (nSPS) is 53.1. The van der Waals surface area contributed by atoms with Crippen LogP contribution in [0.1, 0.15) is 0 Å². The zero-order valence-electron chi connectivity index (χ0n) is 6.56. The molecule has 0 aliphatic carbocycles. The molecule has 7 heteroatoms. The molecule has 1 saturated heterocycles. The van der Waals surface area contributed by atoms with Gasteiger partial charge in [-0.05, 0) is 0 Å². The van der Waals surface area contributed by atoms with Gasteiger partial charge < -0.3 is 0 Å². The summed E-state index contributed by atoms with van der Waals surface area (Å²) < 4.78 is 0. The maximum absolute atomic E-state index is 9.17. The predicted octanol–water partition coefficient (Wildman–Crippen LogP) is -4.22. The standard InChI is InChI=1S/C6H12O6Se/c7-1-2(8)4(10)6(12)13-5(11)3(1)9/h1-12H. The Morgan fingerprint density at radius 3 is 1.15 bits per heavy atom. The van der Waals surface area contributed by atoms with Crippen molar-refractivity contribution in [3.05, 3.63) is 0 Å². The Morgan fingerprint density at radius 1 is 0.538 bits per heavy atom. The van der Waals surface area contributed by atoms with Crippen LogP contribution in [0.3, 0.4) is 0 Å². The van der Waals surface area contributed by atoms with Gasteiger partial charge in [0.1, 0.15) is 0 Å². The molecule has 6 unspecified atom stereocenters. The number of aliphatic hydroxyl groups excluding tert-OH is 6. The Hall–Kier alpha value is 0.279. The molecule has 1 fully saturated rings. The summed E-state index contributed by atoms with van der Waals surface area (Å²) in [5, 5.41) is 52.4. The van der Waals surface area contributed by atoms with Gasteiger partial charge in [0.25, 0.3) is 0 Å². The van der Waals surface area contributed by atoms with Gasteiger partial charge in [-0.3, -0.25) is 0 Å². The van der Waals surface area contributed by atoms with Crippen LogP contribution >= 0.6 is 0 Å². The van der Waals surface area contributed by atoms with E-state index >= 15 is 0 Å². The summed E-state index contributed by atoms with van der Waals surface area (Å²) in [4.78, 5) is 0. The van der Waals surface area contributed by atoms with Crippen LogP contribution in [0, 0.1) is 0 Å². The van der Waals surface area contributed by atoms with Crippen molar-refractivity contribution in [2.24, 2.45) is 0 Å². The molecule has 13 heavy (non-hydrogen) atoms. The van der Waals surface area contributed by atoms with E-state index in [2.05, 4.69) is 0 Å². The third-order valence-electron chi connectivity index (χ3n) is 1.91. The van der Waals surface area contributed by atoms with Crippen molar-refractivity contribution in [3.63, 3.8) is 0 Å². The van der Waals surface area contributed by atoms with Crippen LogP contribution in [0.5, 0.6) is 0 Å². The van der Waals surface area contributed by atoms with E-state index < -0.39 is 49.4 Å². The summed E-state index contributed by atoms with van der Waals surface area (Å²) in [6.45, 7) is 0. The Balaban J connectivity index is 2.79. The van der Waals surface area contributed by atoms with E-state index in [4.69, 9.17) is 30.6 Å². The summed E-state index contributed by atoms with van der Waals surface area (Å²) in [5.41, 5.74) is 0. The van der Waals surface area contributed by atoms with Crippen LogP contribution in [0.15, 0.2) is 0 Å². The van der Waals surface area contributed by atoms with Gasteiger partial charge in [0.15, 0.2) is 0 Å². The Morgan fingerprint density at radius 2 is 0.846 bits per heavy atom.